The van der Waals surface area contributed by atoms with E-state index in [0.29, 0.717) is 11.1 Å². The fourth-order valence-corrected chi connectivity index (χ4v) is 2.45. The molecule has 0 amide bonds. The fourth-order valence-electron chi connectivity index (χ4n) is 2.45. The Balaban J connectivity index is 2.37. The second kappa shape index (κ2) is 3.22. The quantitative estimate of drug-likeness (QED) is 0.567. The molecule has 0 aromatic heterocycles. The highest BCUT2D eigenvalue weighted by molar-refractivity contribution is 6.33. The Morgan fingerprint density at radius 1 is 0.765 bits per heavy atom. The van der Waals surface area contributed by atoms with E-state index in [-0.39, 0.29) is 11.1 Å². The summed E-state index contributed by atoms with van der Waals surface area (Å²) in [6, 6.07) is 10.5. The van der Waals surface area contributed by atoms with Crippen LogP contribution in [0.4, 0.5) is 8.78 Å². The van der Waals surface area contributed by atoms with Crippen molar-refractivity contribution < 1.29 is 8.78 Å². The van der Waals surface area contributed by atoms with E-state index in [1.807, 2.05) is 27.8 Å². The first-order valence-electron chi connectivity index (χ1n) is 5.60. The van der Waals surface area contributed by atoms with Gasteiger partial charge in [0.2, 0.25) is 0 Å². The van der Waals surface area contributed by atoms with Gasteiger partial charge in [-0.25, -0.2) is 0 Å². The van der Waals surface area contributed by atoms with Gasteiger partial charge < -0.3 is 0 Å². The van der Waals surface area contributed by atoms with Crippen molar-refractivity contribution in [2.24, 2.45) is 0 Å². The summed E-state index contributed by atoms with van der Waals surface area (Å²) in [4.78, 5) is 0. The molecule has 2 aromatic rings. The van der Waals surface area contributed by atoms with Crippen LogP contribution < -0.4 is 10.9 Å². The molecule has 0 bridgehead atoms. The topological polar surface area (TPSA) is 0 Å². The lowest BCUT2D eigenvalue weighted by atomic mass is 9.91. The number of hydrogen-bond acceptors (Lipinski definition) is 0. The Hall–Kier alpha value is -1.57. The van der Waals surface area contributed by atoms with Crippen LogP contribution in [0.15, 0.2) is 36.4 Å². The molecule has 0 heterocycles. The van der Waals surface area contributed by atoms with Gasteiger partial charge in [-0.15, -0.1) is 0 Å². The van der Waals surface area contributed by atoms with Crippen LogP contribution in [0, 0.1) is 0 Å². The molecule has 0 aliphatic heterocycles. The normalized spacial score (nSPS) is 15.4. The summed E-state index contributed by atoms with van der Waals surface area (Å²) in [6.45, 7) is 0. The number of halogens is 2. The third-order valence-electron chi connectivity index (χ3n) is 3.32. The molecule has 3 rings (SSSR count). The summed E-state index contributed by atoms with van der Waals surface area (Å²) in [5.41, 5.74) is 3.34. The molecule has 1 aliphatic carbocycles. The molecule has 0 saturated carbocycles. The summed E-state index contributed by atoms with van der Waals surface area (Å²) in [6.07, 6.45) is 0. The van der Waals surface area contributed by atoms with E-state index in [1.165, 1.54) is 0 Å². The molecule has 0 saturated heterocycles. The third-order valence-corrected chi connectivity index (χ3v) is 3.32. The Bertz CT molecular complexity index is 567. The van der Waals surface area contributed by atoms with Gasteiger partial charge in [-0.1, -0.05) is 47.3 Å². The lowest BCUT2D eigenvalue weighted by Crippen LogP contribution is -2.16. The van der Waals surface area contributed by atoms with Crippen LogP contribution in [-0.4, -0.2) is 15.7 Å². The monoisotopic (exact) mass is 226 g/mol. The van der Waals surface area contributed by atoms with Crippen molar-refractivity contribution in [3.63, 3.8) is 0 Å². The van der Waals surface area contributed by atoms with Crippen LogP contribution in [-0.2, 0) is 5.92 Å². The van der Waals surface area contributed by atoms with Gasteiger partial charge in [0.05, 0.1) is 0 Å². The lowest BCUT2D eigenvalue weighted by molar-refractivity contribution is 0.0481. The molecule has 1 aliphatic rings. The van der Waals surface area contributed by atoms with Crippen molar-refractivity contribution in [1.82, 2.24) is 0 Å². The van der Waals surface area contributed by atoms with Gasteiger partial charge in [0.25, 0.3) is 5.92 Å². The van der Waals surface area contributed by atoms with Gasteiger partial charge in [0.15, 0.2) is 0 Å². The number of rotatable bonds is 0. The molecule has 0 atom stereocenters. The molecule has 17 heavy (non-hydrogen) atoms. The van der Waals surface area contributed by atoms with Crippen LogP contribution in [0.3, 0.4) is 0 Å². The van der Waals surface area contributed by atoms with Gasteiger partial charge in [-0.2, -0.15) is 8.78 Å². The van der Waals surface area contributed by atoms with E-state index >= 15 is 0 Å². The summed E-state index contributed by atoms with van der Waals surface area (Å²) in [5.74, 6) is -2.86. The summed E-state index contributed by atoms with van der Waals surface area (Å²) in [5, 5.41) is 0. The molecule has 0 N–H and O–H groups in total. The van der Waals surface area contributed by atoms with Gasteiger partial charge in [-0.3, -0.25) is 0 Å². The molecular formula is C13H10B2F2. The van der Waals surface area contributed by atoms with Crippen molar-refractivity contribution in [2.45, 2.75) is 5.92 Å². The van der Waals surface area contributed by atoms with Crippen LogP contribution in [0.25, 0.3) is 11.1 Å². The van der Waals surface area contributed by atoms with Gasteiger partial charge in [0.1, 0.15) is 15.7 Å². The molecule has 0 unspecified atom stereocenters. The molecular weight excluding hydrogens is 216 g/mol. The second-order valence-corrected chi connectivity index (χ2v) is 4.67. The first kappa shape index (κ1) is 10.6. The molecule has 0 fully saturated rings. The average molecular weight is 226 g/mol. The van der Waals surface area contributed by atoms with E-state index in [1.54, 1.807) is 24.3 Å². The summed E-state index contributed by atoms with van der Waals surface area (Å²) < 4.78 is 28.6. The highest BCUT2D eigenvalue weighted by atomic mass is 19.3. The zero-order chi connectivity index (χ0) is 12.2. The van der Waals surface area contributed by atoms with Gasteiger partial charge in [0, 0.05) is 11.1 Å². The minimum absolute atomic E-state index is 0.137. The lowest BCUT2D eigenvalue weighted by Gasteiger charge is -2.12. The summed E-state index contributed by atoms with van der Waals surface area (Å²) >= 11 is 0. The van der Waals surface area contributed by atoms with E-state index in [2.05, 4.69) is 0 Å². The minimum atomic E-state index is -2.86. The fraction of sp³-hybridized carbons (Fsp3) is 0.0769. The first-order chi connectivity index (χ1) is 8.00. The molecule has 0 spiro atoms. The van der Waals surface area contributed by atoms with Crippen molar-refractivity contribution in [2.75, 3.05) is 0 Å². The van der Waals surface area contributed by atoms with Crippen LogP contribution in [0.5, 0.6) is 0 Å². The van der Waals surface area contributed by atoms with Gasteiger partial charge in [-0.05, 0) is 11.1 Å². The number of benzene rings is 2. The molecule has 2 aromatic carbocycles. The zero-order valence-corrected chi connectivity index (χ0v) is 9.72. The number of alkyl halides is 2. The Morgan fingerprint density at radius 2 is 1.18 bits per heavy atom. The predicted molar refractivity (Wildman–Crippen MR) is 71.2 cm³/mol. The van der Waals surface area contributed by atoms with Crippen molar-refractivity contribution >= 4 is 26.6 Å². The second-order valence-electron chi connectivity index (χ2n) is 4.67. The molecule has 0 nitrogen and oxygen atoms in total. The number of fused-ring (bicyclic) bond motifs is 3. The number of hydrogen-bond donors (Lipinski definition) is 0. The minimum Gasteiger partial charge on any atom is -0.196 e. The third kappa shape index (κ3) is 1.36. The Labute approximate surface area is 100 Å². The predicted octanol–water partition coefficient (Wildman–Crippen LogP) is 0.324. The average Bonchev–Trinajstić information content (AvgIpc) is 2.49. The van der Waals surface area contributed by atoms with E-state index in [9.17, 15) is 8.78 Å². The highest BCUT2D eigenvalue weighted by Crippen LogP contribution is 2.49. The van der Waals surface area contributed by atoms with E-state index in [0.717, 1.165) is 10.9 Å². The van der Waals surface area contributed by atoms with E-state index in [4.69, 9.17) is 0 Å². The highest BCUT2D eigenvalue weighted by Gasteiger charge is 2.44. The molecule has 4 heteroatoms. The smallest absolute Gasteiger partial charge is 0.196 e. The maximum Gasteiger partial charge on any atom is 0.299 e. The zero-order valence-electron chi connectivity index (χ0n) is 9.72. The van der Waals surface area contributed by atoms with Crippen LogP contribution in [0.1, 0.15) is 11.1 Å². The molecule has 0 radical (unpaired) electrons. The first-order valence-corrected chi connectivity index (χ1v) is 5.60. The van der Waals surface area contributed by atoms with Crippen LogP contribution >= 0.6 is 0 Å². The van der Waals surface area contributed by atoms with E-state index < -0.39 is 5.92 Å². The standard InChI is InChI=1S/C13H10B2F2/c14-7-1-3-9-10-4-2-8(15)6-12(10)13(16,17)11(9)5-7/h1-6H,14-15H2. The Kier molecular flexibility index (Phi) is 2.00. The van der Waals surface area contributed by atoms with Crippen molar-refractivity contribution in [3.05, 3.63) is 47.5 Å². The maximum atomic E-state index is 14.3. The SMILES string of the molecule is Bc1ccc2c(c1)C(F)(F)c1cc(B)ccc1-2. The van der Waals surface area contributed by atoms with Crippen LogP contribution in [0.2, 0.25) is 0 Å². The molecule has 82 valence electrons. The van der Waals surface area contributed by atoms with Crippen molar-refractivity contribution in [1.29, 1.82) is 0 Å². The Morgan fingerprint density at radius 3 is 1.59 bits per heavy atom. The summed E-state index contributed by atoms with van der Waals surface area (Å²) in [7, 11) is 3.68. The largest absolute Gasteiger partial charge is 0.299 e. The van der Waals surface area contributed by atoms with Crippen molar-refractivity contribution in [3.8, 4) is 11.1 Å². The van der Waals surface area contributed by atoms with Gasteiger partial charge >= 0.3 is 0 Å². The maximum absolute atomic E-state index is 14.3.